The molecule has 0 aliphatic rings. The van der Waals surface area contributed by atoms with Gasteiger partial charge in [0.15, 0.2) is 0 Å². The molecule has 0 saturated heterocycles. The summed E-state index contributed by atoms with van der Waals surface area (Å²) in [5.74, 6) is 0.572. The third-order valence-electron chi connectivity index (χ3n) is 3.65. The van der Waals surface area contributed by atoms with Crippen molar-refractivity contribution >= 4 is 21.6 Å². The summed E-state index contributed by atoms with van der Waals surface area (Å²) in [7, 11) is -2.21. The lowest BCUT2D eigenvalue weighted by atomic mass is 10.1. The van der Waals surface area contributed by atoms with Crippen LogP contribution in [0.4, 0.5) is 0 Å². The summed E-state index contributed by atoms with van der Waals surface area (Å²) >= 11 is 5.80. The van der Waals surface area contributed by atoms with Crippen LogP contribution in [0.1, 0.15) is 11.5 Å². The Hall–Kier alpha value is -2.22. The van der Waals surface area contributed by atoms with Gasteiger partial charge in [0, 0.05) is 17.6 Å². The van der Waals surface area contributed by atoms with E-state index in [1.165, 1.54) is 31.3 Å². The molecule has 2 aromatic carbocycles. The van der Waals surface area contributed by atoms with Gasteiger partial charge in [-0.15, -0.1) is 10.2 Å². The van der Waals surface area contributed by atoms with Gasteiger partial charge in [0.25, 0.3) is 0 Å². The molecule has 0 saturated carbocycles. The first-order valence-corrected chi connectivity index (χ1v) is 9.29. The van der Waals surface area contributed by atoms with Crippen molar-refractivity contribution < 1.29 is 12.8 Å². The number of hydrogen-bond donors (Lipinski definition) is 0. The second kappa shape index (κ2) is 6.95. The van der Waals surface area contributed by atoms with Crippen LogP contribution in [0.25, 0.3) is 11.5 Å². The van der Waals surface area contributed by atoms with Crippen molar-refractivity contribution in [3.8, 4) is 11.5 Å². The molecule has 25 heavy (non-hydrogen) atoms. The minimum absolute atomic E-state index is 0.0240. The fraction of sp³-hybridized carbons (Fsp3) is 0.176. The van der Waals surface area contributed by atoms with E-state index in [0.717, 1.165) is 15.4 Å². The number of aromatic nitrogens is 2. The standard InChI is InChI=1S/C17H16ClN3O3S/c1-12-3-5-13(6-4-12)17-20-19-16(24-17)11-21(2)25(22,23)15-9-7-14(18)8-10-15/h3-10H,11H2,1-2H3. The Balaban J connectivity index is 1.78. The number of aryl methyl sites for hydroxylation is 1. The molecule has 0 amide bonds. The average molecular weight is 378 g/mol. The Morgan fingerprint density at radius 1 is 1.04 bits per heavy atom. The molecule has 0 radical (unpaired) electrons. The second-order valence-corrected chi connectivity index (χ2v) is 8.06. The quantitative estimate of drug-likeness (QED) is 0.679. The lowest BCUT2D eigenvalue weighted by Crippen LogP contribution is -2.26. The summed E-state index contributed by atoms with van der Waals surface area (Å²) in [6, 6.07) is 13.6. The molecule has 0 fully saturated rings. The molecule has 0 spiro atoms. The first-order valence-electron chi connectivity index (χ1n) is 7.47. The summed E-state index contributed by atoms with van der Waals surface area (Å²) in [5.41, 5.74) is 1.91. The van der Waals surface area contributed by atoms with Gasteiger partial charge in [-0.05, 0) is 43.3 Å². The molecule has 0 unspecified atom stereocenters. The fourth-order valence-corrected chi connectivity index (χ4v) is 3.44. The number of sulfonamides is 1. The highest BCUT2D eigenvalue weighted by Gasteiger charge is 2.23. The molecule has 130 valence electrons. The predicted molar refractivity (Wildman–Crippen MR) is 94.6 cm³/mol. The van der Waals surface area contributed by atoms with E-state index in [9.17, 15) is 8.42 Å². The molecule has 3 rings (SSSR count). The molecule has 0 N–H and O–H groups in total. The van der Waals surface area contributed by atoms with E-state index in [-0.39, 0.29) is 17.3 Å². The normalized spacial score (nSPS) is 11.8. The smallest absolute Gasteiger partial charge is 0.247 e. The third-order valence-corrected chi connectivity index (χ3v) is 5.71. The highest BCUT2D eigenvalue weighted by Crippen LogP contribution is 2.21. The molecular weight excluding hydrogens is 362 g/mol. The third kappa shape index (κ3) is 3.89. The van der Waals surface area contributed by atoms with Gasteiger partial charge in [-0.3, -0.25) is 0 Å². The van der Waals surface area contributed by atoms with Crippen LogP contribution in [0.2, 0.25) is 5.02 Å². The van der Waals surface area contributed by atoms with Crippen molar-refractivity contribution in [2.24, 2.45) is 0 Å². The average Bonchev–Trinajstić information content (AvgIpc) is 3.04. The zero-order valence-electron chi connectivity index (χ0n) is 13.7. The topological polar surface area (TPSA) is 76.3 Å². The molecule has 3 aromatic rings. The Morgan fingerprint density at radius 3 is 2.32 bits per heavy atom. The minimum Gasteiger partial charge on any atom is -0.419 e. The number of nitrogens with zero attached hydrogens (tertiary/aromatic N) is 3. The van der Waals surface area contributed by atoms with Gasteiger partial charge >= 0.3 is 0 Å². The van der Waals surface area contributed by atoms with Crippen molar-refractivity contribution in [3.63, 3.8) is 0 Å². The lowest BCUT2D eigenvalue weighted by molar-refractivity contribution is 0.400. The summed E-state index contributed by atoms with van der Waals surface area (Å²) in [6.45, 7) is 1.96. The van der Waals surface area contributed by atoms with Crippen molar-refractivity contribution in [3.05, 3.63) is 65.0 Å². The molecule has 0 atom stereocenters. The first-order chi connectivity index (χ1) is 11.9. The maximum atomic E-state index is 12.6. The van der Waals surface area contributed by atoms with Gasteiger partial charge in [-0.1, -0.05) is 29.3 Å². The van der Waals surface area contributed by atoms with E-state index in [1.807, 2.05) is 31.2 Å². The number of halogens is 1. The highest BCUT2D eigenvalue weighted by atomic mass is 35.5. The van der Waals surface area contributed by atoms with Gasteiger partial charge in [0.05, 0.1) is 11.4 Å². The zero-order valence-corrected chi connectivity index (χ0v) is 15.3. The molecule has 8 heteroatoms. The van der Waals surface area contributed by atoms with E-state index in [1.54, 1.807) is 0 Å². The van der Waals surface area contributed by atoms with E-state index >= 15 is 0 Å². The summed E-state index contributed by atoms with van der Waals surface area (Å²) < 4.78 is 31.8. The number of hydrogen-bond acceptors (Lipinski definition) is 5. The summed E-state index contributed by atoms with van der Waals surface area (Å²) in [5, 5.41) is 8.39. The highest BCUT2D eigenvalue weighted by molar-refractivity contribution is 7.89. The first kappa shape index (κ1) is 17.6. The van der Waals surface area contributed by atoms with Crippen LogP contribution in [0.3, 0.4) is 0 Å². The van der Waals surface area contributed by atoms with Gasteiger partial charge < -0.3 is 4.42 Å². The molecule has 0 aliphatic carbocycles. The van der Waals surface area contributed by atoms with Gasteiger partial charge in [-0.2, -0.15) is 4.31 Å². The Morgan fingerprint density at radius 2 is 1.68 bits per heavy atom. The fourth-order valence-electron chi connectivity index (χ4n) is 2.19. The minimum atomic E-state index is -3.67. The van der Waals surface area contributed by atoms with Crippen LogP contribution in [0, 0.1) is 6.92 Å². The zero-order chi connectivity index (χ0) is 18.0. The molecule has 0 bridgehead atoms. The number of benzene rings is 2. The summed E-state index contributed by atoms with van der Waals surface area (Å²) in [6.07, 6.45) is 0. The summed E-state index contributed by atoms with van der Waals surface area (Å²) in [4.78, 5) is 0.151. The van der Waals surface area contributed by atoms with Crippen molar-refractivity contribution in [2.75, 3.05) is 7.05 Å². The van der Waals surface area contributed by atoms with Crippen LogP contribution in [-0.2, 0) is 16.6 Å². The Labute approximate surface area is 151 Å². The Kier molecular flexibility index (Phi) is 4.89. The van der Waals surface area contributed by atoms with Gasteiger partial charge in [0.2, 0.25) is 21.8 Å². The van der Waals surface area contributed by atoms with E-state index in [2.05, 4.69) is 10.2 Å². The molecular formula is C17H16ClN3O3S. The van der Waals surface area contributed by atoms with Crippen LogP contribution in [0.15, 0.2) is 57.8 Å². The molecule has 1 aromatic heterocycles. The van der Waals surface area contributed by atoms with E-state index in [4.69, 9.17) is 16.0 Å². The predicted octanol–water partition coefficient (Wildman–Crippen LogP) is 3.52. The SMILES string of the molecule is Cc1ccc(-c2nnc(CN(C)S(=O)(=O)c3ccc(Cl)cc3)o2)cc1. The lowest BCUT2D eigenvalue weighted by Gasteiger charge is -2.15. The molecule has 6 nitrogen and oxygen atoms in total. The molecule has 1 heterocycles. The maximum absolute atomic E-state index is 12.6. The Bertz CT molecular complexity index is 967. The second-order valence-electron chi connectivity index (χ2n) is 5.58. The largest absolute Gasteiger partial charge is 0.419 e. The van der Waals surface area contributed by atoms with Crippen LogP contribution in [0.5, 0.6) is 0 Å². The van der Waals surface area contributed by atoms with Crippen molar-refractivity contribution in [1.29, 1.82) is 0 Å². The van der Waals surface area contributed by atoms with Crippen LogP contribution >= 0.6 is 11.6 Å². The van der Waals surface area contributed by atoms with E-state index in [0.29, 0.717) is 10.9 Å². The van der Waals surface area contributed by atoms with Crippen LogP contribution in [-0.4, -0.2) is 30.0 Å². The maximum Gasteiger partial charge on any atom is 0.247 e. The monoisotopic (exact) mass is 377 g/mol. The van der Waals surface area contributed by atoms with Crippen LogP contribution < -0.4 is 0 Å². The van der Waals surface area contributed by atoms with E-state index < -0.39 is 10.0 Å². The molecule has 0 aliphatic heterocycles. The van der Waals surface area contributed by atoms with Crippen molar-refractivity contribution in [2.45, 2.75) is 18.4 Å². The van der Waals surface area contributed by atoms with Gasteiger partial charge in [0.1, 0.15) is 0 Å². The number of rotatable bonds is 5. The van der Waals surface area contributed by atoms with Crippen molar-refractivity contribution in [1.82, 2.24) is 14.5 Å². The van der Waals surface area contributed by atoms with Gasteiger partial charge in [-0.25, -0.2) is 8.42 Å².